The van der Waals surface area contributed by atoms with Crippen LogP contribution >= 0.6 is 11.6 Å². The number of carbonyl (C=O) groups is 4. The molecule has 0 unspecified atom stereocenters. The molecule has 41 heavy (non-hydrogen) atoms. The maximum Gasteiger partial charge on any atom is 0.414 e. The first-order chi connectivity index (χ1) is 19.0. The summed E-state index contributed by atoms with van der Waals surface area (Å²) in [6.07, 6.45) is 0.241. The van der Waals surface area contributed by atoms with E-state index in [1.807, 2.05) is 0 Å². The number of carbonyl (C=O) groups excluding carboxylic acids is 3. The Bertz CT molecular complexity index is 1250. The van der Waals surface area contributed by atoms with Crippen LogP contribution in [0.1, 0.15) is 76.7 Å². The second kappa shape index (κ2) is 14.5. The number of hydrogen-bond acceptors (Lipinski definition) is 8. The van der Waals surface area contributed by atoms with Crippen LogP contribution in [0.4, 0.5) is 15.3 Å². The van der Waals surface area contributed by atoms with E-state index >= 15 is 0 Å². The van der Waals surface area contributed by atoms with E-state index in [0.717, 1.165) is 5.56 Å². The average Bonchev–Trinajstić information content (AvgIpc) is 2.80. The fourth-order valence-electron chi connectivity index (χ4n) is 3.24. The van der Waals surface area contributed by atoms with E-state index in [4.69, 9.17) is 30.9 Å². The zero-order chi connectivity index (χ0) is 30.8. The number of nitrogens with one attached hydrogen (secondary N) is 2. The van der Waals surface area contributed by atoms with Gasteiger partial charge in [-0.1, -0.05) is 17.7 Å². The van der Waals surface area contributed by atoms with Crippen LogP contribution in [-0.2, 0) is 20.7 Å². The van der Waals surface area contributed by atoms with Gasteiger partial charge in [-0.15, -0.1) is 0 Å². The molecule has 3 N–H and O–H groups in total. The van der Waals surface area contributed by atoms with Gasteiger partial charge in [-0.2, -0.15) is 0 Å². The lowest BCUT2D eigenvalue weighted by atomic mass is 10.1. The standard InChI is InChI=1S/C29H36ClN3O8/c1-28(2,3)40-26(37)32-25(33-27(38)41-29(4,5)6)31-20-14-11-19(12-15-20)24(36)39-21-16-13-18(22(30)17-21)9-7-8-10-23(34)35/h11-17H,7-10H2,1-6H3,(H,34,35)(H2,31,32,33,37,38). The Labute approximate surface area is 244 Å². The van der Waals surface area contributed by atoms with Crippen LogP contribution in [0.5, 0.6) is 5.75 Å². The topological polar surface area (TPSA) is 153 Å². The van der Waals surface area contributed by atoms with E-state index in [0.29, 0.717) is 30.0 Å². The highest BCUT2D eigenvalue weighted by Crippen LogP contribution is 2.25. The number of aryl methyl sites for hydroxylation is 1. The van der Waals surface area contributed by atoms with Crippen molar-refractivity contribution in [3.63, 3.8) is 0 Å². The first kappa shape index (κ1) is 33.1. The molecular formula is C29H36ClN3O8. The maximum absolute atomic E-state index is 12.7. The number of benzene rings is 2. The summed E-state index contributed by atoms with van der Waals surface area (Å²) in [4.78, 5) is 52.1. The van der Waals surface area contributed by atoms with Crippen LogP contribution in [0.3, 0.4) is 0 Å². The van der Waals surface area contributed by atoms with Gasteiger partial charge in [-0.05, 0) is 103 Å². The Morgan fingerprint density at radius 3 is 1.90 bits per heavy atom. The van der Waals surface area contributed by atoms with Crippen molar-refractivity contribution >= 4 is 47.4 Å². The minimum atomic E-state index is -0.839. The number of ether oxygens (including phenoxy) is 3. The third-order valence-electron chi connectivity index (χ3n) is 4.90. The summed E-state index contributed by atoms with van der Waals surface area (Å²) >= 11 is 6.31. The molecule has 11 nitrogen and oxygen atoms in total. The number of hydrogen-bond donors (Lipinski definition) is 3. The molecule has 0 fully saturated rings. The predicted octanol–water partition coefficient (Wildman–Crippen LogP) is 6.39. The van der Waals surface area contributed by atoms with Crippen molar-refractivity contribution in [2.24, 2.45) is 4.99 Å². The number of unbranched alkanes of at least 4 members (excludes halogenated alkanes) is 1. The summed E-state index contributed by atoms with van der Waals surface area (Å²) in [5.41, 5.74) is -0.209. The number of aliphatic imine (C=N–C) groups is 1. The maximum atomic E-state index is 12.7. The summed E-state index contributed by atoms with van der Waals surface area (Å²) in [6.45, 7) is 10.1. The molecule has 0 saturated heterocycles. The molecular weight excluding hydrogens is 554 g/mol. The van der Waals surface area contributed by atoms with Crippen molar-refractivity contribution in [3.05, 3.63) is 58.6 Å². The molecule has 2 aromatic rings. The molecule has 0 spiro atoms. The SMILES string of the molecule is CC(C)(C)OC(=O)NC(=Nc1ccc(C(=O)Oc2ccc(CCCCC(=O)O)c(Cl)c2)cc1)NC(=O)OC(C)(C)C. The number of aliphatic carboxylic acids is 1. The molecule has 0 aromatic heterocycles. The monoisotopic (exact) mass is 589 g/mol. The minimum Gasteiger partial charge on any atom is -0.481 e. The Morgan fingerprint density at radius 1 is 0.854 bits per heavy atom. The predicted molar refractivity (Wildman–Crippen MR) is 154 cm³/mol. The quantitative estimate of drug-likeness (QED) is 0.105. The Balaban J connectivity index is 2.11. The van der Waals surface area contributed by atoms with Crippen LogP contribution < -0.4 is 15.4 Å². The van der Waals surface area contributed by atoms with Gasteiger partial charge in [0, 0.05) is 11.4 Å². The zero-order valence-electron chi connectivity index (χ0n) is 24.0. The van der Waals surface area contributed by atoms with Crippen molar-refractivity contribution < 1.29 is 38.5 Å². The molecule has 222 valence electrons. The normalized spacial score (nSPS) is 11.2. The van der Waals surface area contributed by atoms with Crippen molar-refractivity contribution in [2.45, 2.75) is 78.4 Å². The number of carboxylic acids is 1. The number of halogens is 1. The van der Waals surface area contributed by atoms with Crippen LogP contribution in [0.2, 0.25) is 5.02 Å². The van der Waals surface area contributed by atoms with E-state index in [1.165, 1.54) is 30.3 Å². The molecule has 12 heteroatoms. The first-order valence-corrected chi connectivity index (χ1v) is 13.3. The first-order valence-electron chi connectivity index (χ1n) is 12.9. The number of rotatable bonds is 8. The third-order valence-corrected chi connectivity index (χ3v) is 5.26. The van der Waals surface area contributed by atoms with Crippen LogP contribution in [-0.4, -0.2) is 46.4 Å². The Morgan fingerprint density at radius 2 is 1.41 bits per heavy atom. The van der Waals surface area contributed by atoms with Gasteiger partial charge in [0.1, 0.15) is 17.0 Å². The van der Waals surface area contributed by atoms with Gasteiger partial charge in [0.05, 0.1) is 11.3 Å². The van der Waals surface area contributed by atoms with Crippen molar-refractivity contribution in [1.82, 2.24) is 10.6 Å². The number of amides is 2. The van der Waals surface area contributed by atoms with Crippen molar-refractivity contribution in [2.75, 3.05) is 0 Å². The molecule has 2 amide bonds. The van der Waals surface area contributed by atoms with Crippen LogP contribution in [0.15, 0.2) is 47.5 Å². The fraction of sp³-hybridized carbons (Fsp3) is 0.414. The highest BCUT2D eigenvalue weighted by atomic mass is 35.5. The number of esters is 1. The molecule has 0 radical (unpaired) electrons. The van der Waals surface area contributed by atoms with E-state index < -0.39 is 35.3 Å². The van der Waals surface area contributed by atoms with Gasteiger partial charge in [0.15, 0.2) is 0 Å². The summed E-state index contributed by atoms with van der Waals surface area (Å²) < 4.78 is 15.9. The number of guanidine groups is 1. The lowest BCUT2D eigenvalue weighted by Crippen LogP contribution is -2.47. The molecule has 2 aromatic carbocycles. The molecule has 0 saturated carbocycles. The van der Waals surface area contributed by atoms with Gasteiger partial charge in [0.25, 0.3) is 0 Å². The van der Waals surface area contributed by atoms with Gasteiger partial charge < -0.3 is 19.3 Å². The lowest BCUT2D eigenvalue weighted by molar-refractivity contribution is -0.137. The van der Waals surface area contributed by atoms with Gasteiger partial charge in [-0.3, -0.25) is 15.4 Å². The number of nitrogens with zero attached hydrogens (tertiary/aromatic N) is 1. The van der Waals surface area contributed by atoms with Gasteiger partial charge in [0.2, 0.25) is 5.96 Å². The largest absolute Gasteiger partial charge is 0.481 e. The summed E-state index contributed by atoms with van der Waals surface area (Å²) in [7, 11) is 0. The number of carboxylic acid groups (broad SMARTS) is 1. The van der Waals surface area contributed by atoms with Gasteiger partial charge >= 0.3 is 24.1 Å². The number of alkyl carbamates (subject to hydrolysis) is 2. The Hall–Kier alpha value is -4.12. The van der Waals surface area contributed by atoms with Gasteiger partial charge in [-0.25, -0.2) is 19.4 Å². The van der Waals surface area contributed by atoms with Crippen LogP contribution in [0, 0.1) is 0 Å². The second-order valence-corrected chi connectivity index (χ2v) is 11.4. The molecule has 0 aliphatic carbocycles. The zero-order valence-corrected chi connectivity index (χ0v) is 24.8. The van der Waals surface area contributed by atoms with E-state index in [2.05, 4.69) is 15.6 Å². The average molecular weight is 590 g/mol. The smallest absolute Gasteiger partial charge is 0.414 e. The van der Waals surface area contributed by atoms with Crippen LogP contribution in [0.25, 0.3) is 0 Å². The second-order valence-electron chi connectivity index (χ2n) is 11.0. The van der Waals surface area contributed by atoms with Crippen molar-refractivity contribution in [3.8, 4) is 5.75 Å². The Kier molecular flexibility index (Phi) is 11.7. The highest BCUT2D eigenvalue weighted by molar-refractivity contribution is 6.31. The molecule has 0 aliphatic rings. The summed E-state index contributed by atoms with van der Waals surface area (Å²) in [5, 5.41) is 13.9. The van der Waals surface area contributed by atoms with E-state index in [-0.39, 0.29) is 23.7 Å². The van der Waals surface area contributed by atoms with E-state index in [1.54, 1.807) is 53.7 Å². The fourth-order valence-corrected chi connectivity index (χ4v) is 3.51. The third kappa shape index (κ3) is 13.2. The van der Waals surface area contributed by atoms with E-state index in [9.17, 15) is 19.2 Å². The summed E-state index contributed by atoms with van der Waals surface area (Å²) in [6, 6.07) is 10.8. The minimum absolute atomic E-state index is 0.0965. The molecule has 0 heterocycles. The van der Waals surface area contributed by atoms with Crippen molar-refractivity contribution in [1.29, 1.82) is 0 Å². The lowest BCUT2D eigenvalue weighted by Gasteiger charge is -2.22. The molecule has 0 atom stereocenters. The molecule has 0 bridgehead atoms. The molecule has 0 aliphatic heterocycles. The molecule has 2 rings (SSSR count). The summed E-state index contributed by atoms with van der Waals surface area (Å²) in [5.74, 6) is -1.46. The highest BCUT2D eigenvalue weighted by Gasteiger charge is 2.21.